The van der Waals surface area contributed by atoms with Gasteiger partial charge in [0.05, 0.1) is 6.42 Å². The van der Waals surface area contributed by atoms with Crippen LogP contribution in [0.5, 0.6) is 0 Å². The number of carboxylic acid groups (broad SMARTS) is 1. The average Bonchev–Trinajstić information content (AvgIpc) is 2.99. The molecular formula is C21H22N2O3. The Bertz CT molecular complexity index is 959. The van der Waals surface area contributed by atoms with Crippen molar-refractivity contribution in [3.8, 4) is 0 Å². The number of carboxylic acids is 1. The van der Waals surface area contributed by atoms with Crippen molar-refractivity contribution in [2.24, 2.45) is 0 Å². The van der Waals surface area contributed by atoms with E-state index in [4.69, 9.17) is 0 Å². The first-order chi connectivity index (χ1) is 12.5. The fourth-order valence-electron chi connectivity index (χ4n) is 3.28. The number of rotatable bonds is 6. The third-order valence-corrected chi connectivity index (χ3v) is 4.51. The number of anilines is 1. The maximum atomic E-state index is 13.1. The number of para-hydroxylation sites is 2. The number of fused-ring (bicyclic) bond motifs is 1. The first-order valence-electron chi connectivity index (χ1n) is 8.71. The number of aromatic amines is 1. The highest BCUT2D eigenvalue weighted by Gasteiger charge is 2.23. The summed E-state index contributed by atoms with van der Waals surface area (Å²) < 4.78 is 0. The van der Waals surface area contributed by atoms with Gasteiger partial charge < -0.3 is 15.0 Å². The minimum absolute atomic E-state index is 0.0416. The van der Waals surface area contributed by atoms with Crippen molar-refractivity contribution in [3.05, 3.63) is 65.4 Å². The zero-order chi connectivity index (χ0) is 18.7. The van der Waals surface area contributed by atoms with Crippen LogP contribution in [-0.4, -0.2) is 28.5 Å². The summed E-state index contributed by atoms with van der Waals surface area (Å²) in [4.78, 5) is 29.4. The Morgan fingerprint density at radius 3 is 2.46 bits per heavy atom. The molecule has 3 rings (SSSR count). The predicted molar refractivity (Wildman–Crippen MR) is 103 cm³/mol. The molecule has 1 heterocycles. The van der Waals surface area contributed by atoms with E-state index in [0.717, 1.165) is 28.6 Å². The summed E-state index contributed by atoms with van der Waals surface area (Å²) in [5.41, 5.74) is 3.24. The van der Waals surface area contributed by atoms with Gasteiger partial charge in [-0.05, 0) is 31.0 Å². The number of aromatic nitrogens is 1. The van der Waals surface area contributed by atoms with Crippen molar-refractivity contribution in [1.82, 2.24) is 4.98 Å². The summed E-state index contributed by atoms with van der Waals surface area (Å²) in [6.07, 6.45) is 0.861. The summed E-state index contributed by atoms with van der Waals surface area (Å²) in [6.45, 7) is 4.58. The van der Waals surface area contributed by atoms with E-state index in [1.54, 1.807) is 4.90 Å². The maximum absolute atomic E-state index is 13.1. The van der Waals surface area contributed by atoms with E-state index in [9.17, 15) is 14.7 Å². The molecule has 0 radical (unpaired) electrons. The van der Waals surface area contributed by atoms with Crippen LogP contribution >= 0.6 is 0 Å². The van der Waals surface area contributed by atoms with Gasteiger partial charge in [0.2, 0.25) is 5.91 Å². The fourth-order valence-corrected chi connectivity index (χ4v) is 3.28. The molecule has 2 aromatic carbocycles. The molecule has 26 heavy (non-hydrogen) atoms. The van der Waals surface area contributed by atoms with Crippen LogP contribution in [0.2, 0.25) is 0 Å². The van der Waals surface area contributed by atoms with Crippen LogP contribution in [0.3, 0.4) is 0 Å². The third kappa shape index (κ3) is 3.33. The second-order valence-electron chi connectivity index (χ2n) is 6.34. The topological polar surface area (TPSA) is 73.4 Å². The molecule has 0 saturated heterocycles. The molecule has 0 aliphatic rings. The van der Waals surface area contributed by atoms with Crippen molar-refractivity contribution < 1.29 is 14.7 Å². The number of hydrogen-bond acceptors (Lipinski definition) is 2. The van der Waals surface area contributed by atoms with Crippen molar-refractivity contribution in [2.45, 2.75) is 26.7 Å². The van der Waals surface area contributed by atoms with Gasteiger partial charge in [-0.1, -0.05) is 43.3 Å². The molecule has 0 unspecified atom stereocenters. The number of carbonyl (C=O) groups is 2. The van der Waals surface area contributed by atoms with E-state index in [-0.39, 0.29) is 18.0 Å². The normalized spacial score (nSPS) is 10.8. The Morgan fingerprint density at radius 1 is 1.08 bits per heavy atom. The van der Waals surface area contributed by atoms with Crippen LogP contribution in [0.15, 0.2) is 48.5 Å². The van der Waals surface area contributed by atoms with Crippen molar-refractivity contribution in [2.75, 3.05) is 11.4 Å². The number of carbonyl (C=O) groups excluding carboxylic acids is 1. The first-order valence-corrected chi connectivity index (χ1v) is 8.71. The van der Waals surface area contributed by atoms with E-state index in [2.05, 4.69) is 4.98 Å². The van der Waals surface area contributed by atoms with E-state index >= 15 is 0 Å². The lowest BCUT2D eigenvalue weighted by atomic mass is 10.1. The molecule has 5 heteroatoms. The number of amides is 1. The Balaban J connectivity index is 2.00. The minimum Gasteiger partial charge on any atom is -0.477 e. The number of aromatic carboxylic acids is 1. The van der Waals surface area contributed by atoms with Crippen LogP contribution < -0.4 is 4.90 Å². The number of nitrogens with one attached hydrogen (secondary N) is 1. The van der Waals surface area contributed by atoms with Gasteiger partial charge in [-0.2, -0.15) is 0 Å². The second-order valence-corrected chi connectivity index (χ2v) is 6.34. The van der Waals surface area contributed by atoms with Crippen molar-refractivity contribution in [3.63, 3.8) is 0 Å². The summed E-state index contributed by atoms with van der Waals surface area (Å²) in [5, 5.41) is 10.3. The molecule has 0 spiro atoms. The first kappa shape index (κ1) is 17.7. The van der Waals surface area contributed by atoms with E-state index in [1.807, 2.05) is 62.4 Å². The van der Waals surface area contributed by atoms with Gasteiger partial charge in [-0.3, -0.25) is 4.79 Å². The van der Waals surface area contributed by atoms with Gasteiger partial charge in [0.25, 0.3) is 0 Å². The largest absolute Gasteiger partial charge is 0.477 e. The number of benzene rings is 2. The van der Waals surface area contributed by atoms with E-state index < -0.39 is 5.97 Å². The Morgan fingerprint density at radius 2 is 1.77 bits per heavy atom. The van der Waals surface area contributed by atoms with Gasteiger partial charge in [-0.15, -0.1) is 0 Å². The number of H-pyrrole nitrogens is 1. The molecule has 1 amide bonds. The fraction of sp³-hybridized carbons (Fsp3) is 0.238. The quantitative estimate of drug-likeness (QED) is 0.701. The van der Waals surface area contributed by atoms with Gasteiger partial charge >= 0.3 is 5.97 Å². The highest BCUT2D eigenvalue weighted by atomic mass is 16.4. The van der Waals surface area contributed by atoms with Crippen LogP contribution in [-0.2, 0) is 11.2 Å². The highest BCUT2D eigenvalue weighted by molar-refractivity contribution is 6.03. The molecule has 134 valence electrons. The van der Waals surface area contributed by atoms with Crippen molar-refractivity contribution in [1.29, 1.82) is 0 Å². The number of aryl methyl sites for hydroxylation is 1. The molecule has 0 aliphatic heterocycles. The Hall–Kier alpha value is -3.08. The molecule has 5 nitrogen and oxygen atoms in total. The van der Waals surface area contributed by atoms with Gasteiger partial charge in [0, 0.05) is 28.7 Å². The van der Waals surface area contributed by atoms with Gasteiger partial charge in [0.15, 0.2) is 0 Å². The molecule has 0 saturated carbocycles. The SMILES string of the molecule is CCCN(C(=O)Cc1c(C(=O)O)[nH]c2ccccc12)c1ccccc1C. The van der Waals surface area contributed by atoms with Crippen molar-refractivity contribution >= 4 is 28.5 Å². The Labute approximate surface area is 152 Å². The minimum atomic E-state index is -1.05. The molecule has 0 aliphatic carbocycles. The van der Waals surface area contributed by atoms with Crippen LogP contribution in [0.25, 0.3) is 10.9 Å². The zero-order valence-electron chi connectivity index (χ0n) is 15.0. The standard InChI is InChI=1S/C21H22N2O3/c1-3-12-23(18-11-7-4-8-14(18)2)19(24)13-16-15-9-5-6-10-17(15)22-20(16)21(25)26/h4-11,22H,3,12-13H2,1-2H3,(H,25,26). The lowest BCUT2D eigenvalue weighted by molar-refractivity contribution is -0.118. The maximum Gasteiger partial charge on any atom is 0.352 e. The van der Waals surface area contributed by atoms with Gasteiger partial charge in [-0.25, -0.2) is 4.79 Å². The molecule has 2 N–H and O–H groups in total. The monoisotopic (exact) mass is 350 g/mol. The third-order valence-electron chi connectivity index (χ3n) is 4.51. The predicted octanol–water partition coefficient (Wildman–Crippen LogP) is 4.16. The van der Waals surface area contributed by atoms with Gasteiger partial charge in [0.1, 0.15) is 5.69 Å². The molecule has 0 atom stereocenters. The summed E-state index contributed by atoms with van der Waals surface area (Å²) in [7, 11) is 0. The molecule has 1 aromatic heterocycles. The van der Waals surface area contributed by atoms with E-state index in [0.29, 0.717) is 12.1 Å². The van der Waals surface area contributed by atoms with E-state index in [1.165, 1.54) is 0 Å². The summed E-state index contributed by atoms with van der Waals surface area (Å²) >= 11 is 0. The van der Waals surface area contributed by atoms with Crippen LogP contribution in [0, 0.1) is 6.92 Å². The molecular weight excluding hydrogens is 328 g/mol. The second kappa shape index (κ2) is 7.44. The Kier molecular flexibility index (Phi) is 5.07. The van der Waals surface area contributed by atoms with Crippen LogP contribution in [0.4, 0.5) is 5.69 Å². The smallest absolute Gasteiger partial charge is 0.352 e. The number of hydrogen-bond donors (Lipinski definition) is 2. The highest BCUT2D eigenvalue weighted by Crippen LogP contribution is 2.26. The summed E-state index contributed by atoms with van der Waals surface area (Å²) in [5.74, 6) is -1.16. The molecule has 0 bridgehead atoms. The summed E-state index contributed by atoms with van der Waals surface area (Å²) in [6, 6.07) is 15.1. The molecule has 0 fully saturated rings. The average molecular weight is 350 g/mol. The lowest BCUT2D eigenvalue weighted by Gasteiger charge is -2.24. The van der Waals surface area contributed by atoms with Crippen LogP contribution in [0.1, 0.15) is 35.0 Å². The lowest BCUT2D eigenvalue weighted by Crippen LogP contribution is -2.33. The zero-order valence-corrected chi connectivity index (χ0v) is 15.0. The number of nitrogens with zero attached hydrogens (tertiary/aromatic N) is 1. The molecule has 3 aromatic rings.